The Hall–Kier alpha value is -3.06. The highest BCUT2D eigenvalue weighted by molar-refractivity contribution is 7.89. The first kappa shape index (κ1) is 24.6. The van der Waals surface area contributed by atoms with Gasteiger partial charge >= 0.3 is 6.61 Å². The van der Waals surface area contributed by atoms with E-state index in [0.717, 1.165) is 4.31 Å². The second-order valence-electron chi connectivity index (χ2n) is 6.84. The van der Waals surface area contributed by atoms with Gasteiger partial charge in [-0.1, -0.05) is 18.2 Å². The maximum Gasteiger partial charge on any atom is 0.387 e. The van der Waals surface area contributed by atoms with Crippen molar-refractivity contribution in [2.24, 2.45) is 0 Å². The van der Waals surface area contributed by atoms with E-state index in [1.807, 2.05) is 0 Å². The van der Waals surface area contributed by atoms with Crippen molar-refractivity contribution in [1.29, 1.82) is 0 Å². The zero-order chi connectivity index (χ0) is 24.0. The molecule has 1 atom stereocenters. The number of hydroxylamine groups is 1. The number of amides is 1. The van der Waals surface area contributed by atoms with E-state index in [4.69, 9.17) is 0 Å². The molecule has 0 spiro atoms. The summed E-state index contributed by atoms with van der Waals surface area (Å²) >= 11 is 1.32. The summed E-state index contributed by atoms with van der Waals surface area (Å²) in [5.74, 6) is -1.19. The first-order valence-electron chi connectivity index (χ1n) is 9.51. The Morgan fingerprint density at radius 2 is 1.76 bits per heavy atom. The summed E-state index contributed by atoms with van der Waals surface area (Å²) in [6.45, 7) is -3.31. The molecule has 3 aromatic rings. The molecule has 0 aliphatic rings. The Labute approximate surface area is 192 Å². The van der Waals surface area contributed by atoms with Crippen molar-refractivity contribution >= 4 is 27.3 Å². The van der Waals surface area contributed by atoms with Crippen molar-refractivity contribution in [2.45, 2.75) is 30.5 Å². The first-order valence-corrected chi connectivity index (χ1v) is 11.8. The quantitative estimate of drug-likeness (QED) is 0.292. The Bertz CT molecular complexity index is 1150. The fourth-order valence-corrected chi connectivity index (χ4v) is 5.41. The van der Waals surface area contributed by atoms with Gasteiger partial charge in [0.25, 0.3) is 5.91 Å². The zero-order valence-electron chi connectivity index (χ0n) is 17.0. The monoisotopic (exact) mass is 498 g/mol. The van der Waals surface area contributed by atoms with Gasteiger partial charge in [0.2, 0.25) is 10.0 Å². The van der Waals surface area contributed by atoms with Crippen LogP contribution in [0.4, 0.5) is 8.78 Å². The highest BCUT2D eigenvalue weighted by Gasteiger charge is 2.36. The van der Waals surface area contributed by atoms with Gasteiger partial charge in [0.1, 0.15) is 17.5 Å². The highest BCUT2D eigenvalue weighted by Crippen LogP contribution is 2.26. The fraction of sp³-hybridized carbons (Fsp3) is 0.190. The molecule has 0 aliphatic heterocycles. The predicted molar refractivity (Wildman–Crippen MR) is 116 cm³/mol. The number of ether oxygens (including phenoxy) is 1. The van der Waals surface area contributed by atoms with Gasteiger partial charge < -0.3 is 9.84 Å². The van der Waals surface area contributed by atoms with Crippen LogP contribution in [0.3, 0.4) is 0 Å². The topological polar surface area (TPSA) is 116 Å². The molecule has 2 aromatic carbocycles. The number of phenolic OH excluding ortho intramolecular Hbond substituents is 1. The normalized spacial score (nSPS) is 12.6. The molecule has 1 heterocycles. The predicted octanol–water partition coefficient (Wildman–Crippen LogP) is 3.36. The van der Waals surface area contributed by atoms with Crippen LogP contribution in [0.5, 0.6) is 11.5 Å². The summed E-state index contributed by atoms with van der Waals surface area (Å²) in [6, 6.07) is 12.2. The molecule has 0 radical (unpaired) electrons. The summed E-state index contributed by atoms with van der Waals surface area (Å²) < 4.78 is 57.1. The second kappa shape index (κ2) is 10.7. The van der Waals surface area contributed by atoms with Gasteiger partial charge in [-0.25, -0.2) is 13.9 Å². The van der Waals surface area contributed by atoms with Crippen molar-refractivity contribution in [1.82, 2.24) is 9.79 Å². The van der Waals surface area contributed by atoms with Gasteiger partial charge in [0.15, 0.2) is 0 Å². The maximum atomic E-state index is 13.5. The summed E-state index contributed by atoms with van der Waals surface area (Å²) in [7, 11) is -4.30. The minimum absolute atomic E-state index is 0.0199. The number of nitrogens with one attached hydrogen (secondary N) is 1. The molecular weight excluding hydrogens is 478 g/mol. The van der Waals surface area contributed by atoms with Crippen LogP contribution in [0.1, 0.15) is 10.4 Å². The average molecular weight is 499 g/mol. The smallest absolute Gasteiger partial charge is 0.387 e. The van der Waals surface area contributed by atoms with E-state index < -0.39 is 28.6 Å². The maximum absolute atomic E-state index is 13.5. The summed E-state index contributed by atoms with van der Waals surface area (Å²) in [5, 5.41) is 20.6. The average Bonchev–Trinajstić information content (AvgIpc) is 3.30. The van der Waals surface area contributed by atoms with E-state index >= 15 is 0 Å². The molecule has 176 valence electrons. The van der Waals surface area contributed by atoms with E-state index in [1.165, 1.54) is 65.3 Å². The minimum atomic E-state index is -4.30. The van der Waals surface area contributed by atoms with E-state index in [9.17, 15) is 32.3 Å². The standard InChI is InChI=1S/C21H20F2N2O6S2/c22-21(23)31-16-7-3-14(4-8-16)13-25(33(29,30)18-9-5-15(26)6-10-18)19(20(27)24-28)12-17-2-1-11-32-17/h1-11,19,21,26,28H,12-13H2,(H,24,27)/t19-/m1/s1. The van der Waals surface area contributed by atoms with Crippen molar-refractivity contribution in [2.75, 3.05) is 0 Å². The number of hydrogen-bond acceptors (Lipinski definition) is 7. The molecule has 3 N–H and O–H groups in total. The van der Waals surface area contributed by atoms with Gasteiger partial charge in [-0.2, -0.15) is 13.1 Å². The van der Waals surface area contributed by atoms with Gasteiger partial charge in [-0.3, -0.25) is 10.0 Å². The SMILES string of the molecule is O=C(NO)[C@@H](Cc1cccs1)N(Cc1ccc(OC(F)F)cc1)S(=O)(=O)c1ccc(O)cc1. The van der Waals surface area contributed by atoms with Crippen molar-refractivity contribution < 1.29 is 37.0 Å². The molecule has 0 unspecified atom stereocenters. The van der Waals surface area contributed by atoms with Crippen LogP contribution in [0.25, 0.3) is 0 Å². The Balaban J connectivity index is 2.02. The van der Waals surface area contributed by atoms with Crippen LogP contribution in [0.2, 0.25) is 0 Å². The molecule has 12 heteroatoms. The van der Waals surface area contributed by atoms with E-state index in [2.05, 4.69) is 4.74 Å². The molecule has 8 nitrogen and oxygen atoms in total. The Kier molecular flexibility index (Phi) is 7.97. The number of halogens is 2. The second-order valence-corrected chi connectivity index (χ2v) is 9.76. The third kappa shape index (κ3) is 6.26. The Morgan fingerprint density at radius 3 is 2.30 bits per heavy atom. The molecule has 0 bridgehead atoms. The lowest BCUT2D eigenvalue weighted by Crippen LogP contribution is -2.49. The number of alkyl halides is 2. The van der Waals surface area contributed by atoms with E-state index in [1.54, 1.807) is 17.5 Å². The number of sulfonamides is 1. The molecule has 0 fully saturated rings. The number of aromatic hydroxyl groups is 1. The number of nitrogens with zero attached hydrogens (tertiary/aromatic N) is 1. The number of carbonyl (C=O) groups excluding carboxylic acids is 1. The fourth-order valence-electron chi connectivity index (χ4n) is 3.09. The first-order chi connectivity index (χ1) is 15.7. The third-order valence-corrected chi connectivity index (χ3v) is 7.43. The van der Waals surface area contributed by atoms with E-state index in [0.29, 0.717) is 10.4 Å². The van der Waals surface area contributed by atoms with Crippen molar-refractivity contribution in [3.63, 3.8) is 0 Å². The zero-order valence-corrected chi connectivity index (χ0v) is 18.6. The van der Waals surface area contributed by atoms with Crippen molar-refractivity contribution in [3.05, 3.63) is 76.5 Å². The molecule has 0 saturated heterocycles. The molecule has 3 rings (SSSR count). The number of phenols is 1. The largest absolute Gasteiger partial charge is 0.508 e. The van der Waals surface area contributed by atoms with Crippen LogP contribution in [-0.4, -0.2) is 41.6 Å². The Morgan fingerprint density at radius 1 is 1.09 bits per heavy atom. The third-order valence-electron chi connectivity index (χ3n) is 4.67. The van der Waals surface area contributed by atoms with Gasteiger partial charge in [0.05, 0.1) is 4.90 Å². The summed E-state index contributed by atoms with van der Waals surface area (Å²) in [4.78, 5) is 13.1. The van der Waals surface area contributed by atoms with Gasteiger partial charge in [-0.05, 0) is 53.4 Å². The molecule has 0 saturated carbocycles. The molecular formula is C21H20F2N2O6S2. The minimum Gasteiger partial charge on any atom is -0.508 e. The van der Waals surface area contributed by atoms with Crippen LogP contribution < -0.4 is 10.2 Å². The lowest BCUT2D eigenvalue weighted by molar-refractivity contribution is -0.133. The van der Waals surface area contributed by atoms with Crippen LogP contribution in [-0.2, 0) is 27.8 Å². The summed E-state index contributed by atoms with van der Waals surface area (Å²) in [6.07, 6.45) is -0.0199. The molecule has 1 amide bonds. The summed E-state index contributed by atoms with van der Waals surface area (Å²) in [5.41, 5.74) is 1.91. The van der Waals surface area contributed by atoms with Crippen LogP contribution in [0.15, 0.2) is 70.9 Å². The number of benzene rings is 2. The number of hydrogen-bond donors (Lipinski definition) is 3. The van der Waals surface area contributed by atoms with E-state index in [-0.39, 0.29) is 29.4 Å². The van der Waals surface area contributed by atoms with Gasteiger partial charge in [0, 0.05) is 17.8 Å². The lowest BCUT2D eigenvalue weighted by Gasteiger charge is -2.29. The van der Waals surface area contributed by atoms with Crippen molar-refractivity contribution in [3.8, 4) is 11.5 Å². The molecule has 1 aromatic heterocycles. The lowest BCUT2D eigenvalue weighted by atomic mass is 10.1. The number of thiophene rings is 1. The number of rotatable bonds is 10. The molecule has 0 aliphatic carbocycles. The van der Waals surface area contributed by atoms with Crippen LogP contribution >= 0.6 is 11.3 Å². The number of carbonyl (C=O) groups is 1. The van der Waals surface area contributed by atoms with Gasteiger partial charge in [-0.15, -0.1) is 11.3 Å². The molecule has 33 heavy (non-hydrogen) atoms. The van der Waals surface area contributed by atoms with Crippen LogP contribution in [0, 0.1) is 0 Å². The highest BCUT2D eigenvalue weighted by atomic mass is 32.2.